The molecule has 4 heteroatoms. The predicted molar refractivity (Wildman–Crippen MR) is 164 cm³/mol. The fourth-order valence-electron chi connectivity index (χ4n) is 4.58. The number of hydrogen-bond acceptors (Lipinski definition) is 4. The fraction of sp³-hybridized carbons (Fsp3) is 0.200. The molecule has 200 valence electrons. The number of aliphatic hydroxyl groups excluding tert-OH is 2. The van der Waals surface area contributed by atoms with Crippen LogP contribution in [0.2, 0.25) is 0 Å². The van der Waals surface area contributed by atoms with E-state index in [0.29, 0.717) is 0 Å². The molecule has 4 aromatic carbocycles. The van der Waals surface area contributed by atoms with Gasteiger partial charge in [0.05, 0.1) is 13.2 Å². The molecular formula is C35H38N2O2. The molecule has 0 spiro atoms. The molecule has 0 aliphatic carbocycles. The van der Waals surface area contributed by atoms with Gasteiger partial charge < -0.3 is 20.0 Å². The van der Waals surface area contributed by atoms with Crippen molar-refractivity contribution in [1.82, 2.24) is 0 Å². The van der Waals surface area contributed by atoms with Crippen molar-refractivity contribution in [3.63, 3.8) is 0 Å². The number of aliphatic hydroxyl groups is 2. The Morgan fingerprint density at radius 2 is 0.974 bits per heavy atom. The molecule has 0 saturated heterocycles. The van der Waals surface area contributed by atoms with E-state index in [1.54, 1.807) is 0 Å². The summed E-state index contributed by atoms with van der Waals surface area (Å²) in [4.78, 5) is 4.22. The molecule has 0 aromatic heterocycles. The van der Waals surface area contributed by atoms with E-state index in [-0.39, 0.29) is 19.1 Å². The van der Waals surface area contributed by atoms with Crippen molar-refractivity contribution in [2.75, 3.05) is 38.0 Å². The topological polar surface area (TPSA) is 46.9 Å². The molecule has 39 heavy (non-hydrogen) atoms. The van der Waals surface area contributed by atoms with Gasteiger partial charge in [0, 0.05) is 45.5 Å². The molecule has 0 aliphatic heterocycles. The average molecular weight is 519 g/mol. The van der Waals surface area contributed by atoms with Crippen LogP contribution in [0.4, 0.5) is 11.4 Å². The van der Waals surface area contributed by atoms with E-state index in [1.807, 2.05) is 48.5 Å². The lowest BCUT2D eigenvalue weighted by Crippen LogP contribution is -2.09. The van der Waals surface area contributed by atoms with Crippen molar-refractivity contribution in [3.8, 4) is 0 Å². The van der Waals surface area contributed by atoms with E-state index in [0.717, 1.165) is 27.8 Å². The number of allylic oxidation sites excluding steroid dienone is 3. The third-order valence-corrected chi connectivity index (χ3v) is 7.00. The summed E-state index contributed by atoms with van der Waals surface area (Å²) in [5.41, 5.74) is 9.76. The second-order valence-corrected chi connectivity index (χ2v) is 10.1. The molecule has 0 atom stereocenters. The minimum absolute atomic E-state index is 0.0192. The lowest BCUT2D eigenvalue weighted by atomic mass is 9.90. The van der Waals surface area contributed by atoms with Gasteiger partial charge in [-0.2, -0.15) is 0 Å². The first kappa shape index (κ1) is 27.9. The molecular weight excluding hydrogens is 480 g/mol. The van der Waals surface area contributed by atoms with Crippen LogP contribution in [0.1, 0.15) is 39.3 Å². The minimum Gasteiger partial charge on any atom is -0.392 e. The Morgan fingerprint density at radius 1 is 0.590 bits per heavy atom. The van der Waals surface area contributed by atoms with Crippen molar-refractivity contribution in [2.45, 2.75) is 19.1 Å². The van der Waals surface area contributed by atoms with E-state index < -0.39 is 0 Å². The lowest BCUT2D eigenvalue weighted by Gasteiger charge is -2.19. The smallest absolute Gasteiger partial charge is 0.0681 e. The SMILES string of the molecule is CN(C)c1ccc(C(C=CC=C(c2ccc(CO)cc2)c2ccc(CO)cc2)c2ccc(N(C)C)cc2)cc1. The number of nitrogens with zero attached hydrogens (tertiary/aromatic N) is 2. The molecule has 0 unspecified atom stereocenters. The van der Waals surface area contributed by atoms with Gasteiger partial charge in [-0.3, -0.25) is 0 Å². The third kappa shape index (κ3) is 7.05. The zero-order chi connectivity index (χ0) is 27.8. The Bertz CT molecular complexity index is 1280. The second-order valence-electron chi connectivity index (χ2n) is 10.1. The first-order valence-corrected chi connectivity index (χ1v) is 13.2. The Hall–Kier alpha value is -4.12. The van der Waals surface area contributed by atoms with Crippen LogP contribution < -0.4 is 9.80 Å². The highest BCUT2D eigenvalue weighted by atomic mass is 16.3. The molecule has 4 nitrogen and oxygen atoms in total. The minimum atomic E-state index is 0.0192. The Balaban J connectivity index is 1.75. The maximum Gasteiger partial charge on any atom is 0.0681 e. The van der Waals surface area contributed by atoms with Crippen molar-refractivity contribution in [1.29, 1.82) is 0 Å². The van der Waals surface area contributed by atoms with Crippen LogP contribution in [0.3, 0.4) is 0 Å². The number of hydrogen-bond donors (Lipinski definition) is 2. The molecule has 4 aromatic rings. The maximum absolute atomic E-state index is 9.50. The summed E-state index contributed by atoms with van der Waals surface area (Å²) >= 11 is 0. The van der Waals surface area contributed by atoms with Gasteiger partial charge in [0.15, 0.2) is 0 Å². The summed E-state index contributed by atoms with van der Waals surface area (Å²) in [7, 11) is 8.22. The molecule has 4 rings (SSSR count). The molecule has 2 N–H and O–H groups in total. The first-order valence-electron chi connectivity index (χ1n) is 13.2. The summed E-state index contributed by atoms with van der Waals surface area (Å²) in [5, 5.41) is 19.0. The van der Waals surface area contributed by atoms with Crippen LogP contribution >= 0.6 is 0 Å². The monoisotopic (exact) mass is 518 g/mol. The van der Waals surface area contributed by atoms with Crippen LogP contribution in [0, 0.1) is 0 Å². The van der Waals surface area contributed by atoms with Crippen molar-refractivity contribution in [2.24, 2.45) is 0 Å². The van der Waals surface area contributed by atoms with Crippen molar-refractivity contribution in [3.05, 3.63) is 149 Å². The first-order chi connectivity index (χ1) is 18.9. The van der Waals surface area contributed by atoms with Gasteiger partial charge in [-0.05, 0) is 63.2 Å². The molecule has 0 heterocycles. The summed E-state index contributed by atoms with van der Waals surface area (Å²) in [6, 6.07) is 33.5. The Labute approximate surface area is 232 Å². The predicted octanol–water partition coefficient (Wildman–Crippen LogP) is 6.62. The van der Waals surface area contributed by atoms with Crippen LogP contribution in [0.15, 0.2) is 115 Å². The molecule has 0 bridgehead atoms. The molecule has 0 amide bonds. The van der Waals surface area contributed by atoms with Crippen LogP contribution in [-0.4, -0.2) is 38.4 Å². The van der Waals surface area contributed by atoms with E-state index in [2.05, 4.69) is 105 Å². The molecule has 0 saturated carbocycles. The van der Waals surface area contributed by atoms with Gasteiger partial charge in [0.1, 0.15) is 0 Å². The zero-order valence-electron chi connectivity index (χ0n) is 23.3. The fourth-order valence-corrected chi connectivity index (χ4v) is 4.58. The largest absolute Gasteiger partial charge is 0.392 e. The molecule has 0 aliphatic rings. The summed E-state index contributed by atoms with van der Waals surface area (Å²) in [6.45, 7) is 0.0384. The van der Waals surface area contributed by atoms with E-state index in [1.165, 1.54) is 22.5 Å². The van der Waals surface area contributed by atoms with Crippen LogP contribution in [0.25, 0.3) is 5.57 Å². The highest BCUT2D eigenvalue weighted by molar-refractivity contribution is 5.81. The normalized spacial score (nSPS) is 11.2. The Morgan fingerprint density at radius 3 is 1.31 bits per heavy atom. The van der Waals surface area contributed by atoms with Gasteiger partial charge in [0.2, 0.25) is 0 Å². The average Bonchev–Trinajstić information content (AvgIpc) is 2.98. The number of rotatable bonds is 10. The Kier molecular flexibility index (Phi) is 9.37. The van der Waals surface area contributed by atoms with Gasteiger partial charge >= 0.3 is 0 Å². The van der Waals surface area contributed by atoms with Gasteiger partial charge in [-0.15, -0.1) is 0 Å². The van der Waals surface area contributed by atoms with Gasteiger partial charge in [-0.1, -0.05) is 91.0 Å². The maximum atomic E-state index is 9.50. The lowest BCUT2D eigenvalue weighted by molar-refractivity contribution is 0.281. The van der Waals surface area contributed by atoms with Gasteiger partial charge in [-0.25, -0.2) is 0 Å². The summed E-state index contributed by atoms with van der Waals surface area (Å²) in [5.74, 6) is 0.0865. The van der Waals surface area contributed by atoms with E-state index in [9.17, 15) is 10.2 Å². The highest BCUT2D eigenvalue weighted by Crippen LogP contribution is 2.30. The molecule has 0 fully saturated rings. The standard InChI is InChI=1S/C35H38N2O2/c1-36(2)32-20-16-30(17-21-32)35(31-18-22-33(23-19-31)37(3)4)7-5-6-34(28-12-8-26(24-38)9-13-28)29-14-10-27(25-39)11-15-29/h5-23,35,38-39H,24-25H2,1-4H3. The zero-order valence-corrected chi connectivity index (χ0v) is 23.3. The van der Waals surface area contributed by atoms with E-state index >= 15 is 0 Å². The summed E-state index contributed by atoms with van der Waals surface area (Å²) in [6.07, 6.45) is 6.54. The highest BCUT2D eigenvalue weighted by Gasteiger charge is 2.12. The number of benzene rings is 4. The number of anilines is 2. The van der Waals surface area contributed by atoms with Crippen molar-refractivity contribution >= 4 is 16.9 Å². The van der Waals surface area contributed by atoms with Crippen LogP contribution in [-0.2, 0) is 13.2 Å². The third-order valence-electron chi connectivity index (χ3n) is 7.00. The second kappa shape index (κ2) is 13.1. The van der Waals surface area contributed by atoms with Gasteiger partial charge in [0.25, 0.3) is 0 Å². The van der Waals surface area contributed by atoms with Crippen molar-refractivity contribution < 1.29 is 10.2 Å². The quantitative estimate of drug-likeness (QED) is 0.232. The van der Waals surface area contributed by atoms with E-state index in [4.69, 9.17) is 0 Å². The molecule has 0 radical (unpaired) electrons. The summed E-state index contributed by atoms with van der Waals surface area (Å²) < 4.78 is 0. The van der Waals surface area contributed by atoms with Crippen LogP contribution in [0.5, 0.6) is 0 Å².